The molecule has 4 heterocycles. The molecule has 4 aliphatic heterocycles. The molecule has 4 aliphatic rings. The van der Waals surface area contributed by atoms with E-state index in [2.05, 4.69) is 17.0 Å². The van der Waals surface area contributed by atoms with Crippen molar-refractivity contribution in [3.05, 3.63) is 0 Å². The van der Waals surface area contributed by atoms with E-state index >= 15 is 0 Å². The molecule has 0 aromatic carbocycles. The minimum atomic E-state index is -0.0421. The lowest BCUT2D eigenvalue weighted by Gasteiger charge is -2.49. The van der Waals surface area contributed by atoms with E-state index in [1.807, 2.05) is 0 Å². The van der Waals surface area contributed by atoms with E-state index in [-0.39, 0.29) is 5.60 Å². The molecule has 4 nitrogen and oxygen atoms in total. The monoisotopic (exact) mass is 224 g/mol. The highest BCUT2D eigenvalue weighted by Gasteiger charge is 2.52. The van der Waals surface area contributed by atoms with Crippen molar-refractivity contribution in [3.63, 3.8) is 0 Å². The lowest BCUT2D eigenvalue weighted by atomic mass is 9.74. The van der Waals surface area contributed by atoms with Crippen molar-refractivity contribution >= 4 is 5.90 Å². The first-order valence-electron chi connectivity index (χ1n) is 6.42. The summed E-state index contributed by atoms with van der Waals surface area (Å²) < 4.78 is 5.59. The molecule has 0 aromatic heterocycles. The molecule has 3 fully saturated rings. The predicted octanol–water partition coefficient (Wildman–Crippen LogP) is 1.61. The Morgan fingerprint density at radius 1 is 1.50 bits per heavy atom. The van der Waals surface area contributed by atoms with Crippen LogP contribution in [0.25, 0.3) is 0 Å². The van der Waals surface area contributed by atoms with Crippen LogP contribution in [0.4, 0.5) is 0 Å². The number of fused-ring (bicyclic) bond motifs is 2. The summed E-state index contributed by atoms with van der Waals surface area (Å²) >= 11 is 0. The lowest BCUT2D eigenvalue weighted by molar-refractivity contribution is -0.136. The van der Waals surface area contributed by atoms with Gasteiger partial charge in [-0.2, -0.15) is 0 Å². The third-order valence-corrected chi connectivity index (χ3v) is 4.08. The standard InChI is InChI=1S/C12H20N2O2/c1-2-7-15-11-8-12(16-13-11)9-14-5-3-10(12)4-6-14/h10H,2-9H2,1H3. The van der Waals surface area contributed by atoms with Gasteiger partial charge in [0.2, 0.25) is 5.90 Å². The molecular weight excluding hydrogens is 204 g/mol. The highest BCUT2D eigenvalue weighted by Crippen LogP contribution is 2.43. The molecule has 1 spiro atoms. The molecule has 1 atom stereocenters. The number of oxime groups is 1. The van der Waals surface area contributed by atoms with Crippen molar-refractivity contribution < 1.29 is 9.57 Å². The Kier molecular flexibility index (Phi) is 2.54. The molecule has 4 rings (SSSR count). The molecule has 90 valence electrons. The van der Waals surface area contributed by atoms with Gasteiger partial charge in [-0.3, -0.25) is 4.90 Å². The second-order valence-electron chi connectivity index (χ2n) is 5.22. The van der Waals surface area contributed by atoms with Gasteiger partial charge >= 0.3 is 0 Å². The van der Waals surface area contributed by atoms with E-state index in [9.17, 15) is 0 Å². The summed E-state index contributed by atoms with van der Waals surface area (Å²) in [4.78, 5) is 8.24. The number of piperidine rings is 3. The third kappa shape index (κ3) is 1.59. The Morgan fingerprint density at radius 2 is 2.31 bits per heavy atom. The normalized spacial score (nSPS) is 40.9. The molecule has 0 N–H and O–H groups in total. The maximum Gasteiger partial charge on any atom is 0.229 e. The van der Waals surface area contributed by atoms with Gasteiger partial charge < -0.3 is 9.57 Å². The van der Waals surface area contributed by atoms with Crippen LogP contribution in [-0.4, -0.2) is 42.6 Å². The molecule has 0 aliphatic carbocycles. The quantitative estimate of drug-likeness (QED) is 0.714. The Balaban J connectivity index is 1.65. The molecular formula is C12H20N2O2. The Bertz CT molecular complexity index is 297. The summed E-state index contributed by atoms with van der Waals surface area (Å²) in [6.07, 6.45) is 4.43. The topological polar surface area (TPSA) is 34.1 Å². The second-order valence-corrected chi connectivity index (χ2v) is 5.22. The fraction of sp³-hybridized carbons (Fsp3) is 0.917. The van der Waals surface area contributed by atoms with E-state index in [0.717, 1.165) is 31.9 Å². The van der Waals surface area contributed by atoms with Crippen molar-refractivity contribution in [3.8, 4) is 0 Å². The maximum atomic E-state index is 5.75. The minimum absolute atomic E-state index is 0.0421. The number of rotatable bonds is 2. The van der Waals surface area contributed by atoms with E-state index < -0.39 is 0 Å². The van der Waals surface area contributed by atoms with Gasteiger partial charge in [-0.05, 0) is 32.4 Å². The summed E-state index contributed by atoms with van der Waals surface area (Å²) in [5, 5.41) is 4.14. The average molecular weight is 224 g/mol. The summed E-state index contributed by atoms with van der Waals surface area (Å²) in [5.74, 6) is 1.50. The molecule has 0 saturated carbocycles. The highest BCUT2D eigenvalue weighted by molar-refractivity contribution is 5.78. The van der Waals surface area contributed by atoms with E-state index in [0.29, 0.717) is 5.92 Å². The van der Waals surface area contributed by atoms with Crippen molar-refractivity contribution in [1.29, 1.82) is 0 Å². The summed E-state index contributed by atoms with van der Waals surface area (Å²) in [6.45, 7) is 6.38. The summed E-state index contributed by atoms with van der Waals surface area (Å²) in [7, 11) is 0. The fourth-order valence-electron chi connectivity index (χ4n) is 3.19. The molecule has 1 unspecified atom stereocenters. The van der Waals surface area contributed by atoms with Gasteiger partial charge in [0.15, 0.2) is 5.60 Å². The van der Waals surface area contributed by atoms with Gasteiger partial charge in [0.25, 0.3) is 0 Å². The van der Waals surface area contributed by atoms with E-state index in [4.69, 9.17) is 9.57 Å². The average Bonchev–Trinajstić information content (AvgIpc) is 2.71. The van der Waals surface area contributed by atoms with Crippen LogP contribution in [0, 0.1) is 5.92 Å². The Hall–Kier alpha value is -0.770. The van der Waals surface area contributed by atoms with Crippen LogP contribution in [0.2, 0.25) is 0 Å². The first-order valence-corrected chi connectivity index (χ1v) is 6.42. The maximum absolute atomic E-state index is 5.75. The smallest absolute Gasteiger partial charge is 0.229 e. The fourth-order valence-corrected chi connectivity index (χ4v) is 3.19. The zero-order valence-electron chi connectivity index (χ0n) is 9.95. The summed E-state index contributed by atoms with van der Waals surface area (Å²) in [6, 6.07) is 0. The Morgan fingerprint density at radius 3 is 2.94 bits per heavy atom. The van der Waals surface area contributed by atoms with Gasteiger partial charge in [-0.15, -0.1) is 0 Å². The van der Waals surface area contributed by atoms with Crippen LogP contribution in [-0.2, 0) is 9.57 Å². The number of hydrogen-bond donors (Lipinski definition) is 0. The zero-order valence-corrected chi connectivity index (χ0v) is 9.95. The molecule has 0 aromatic rings. The van der Waals surface area contributed by atoms with E-state index in [1.165, 1.54) is 25.9 Å². The molecule has 3 saturated heterocycles. The summed E-state index contributed by atoms with van der Waals surface area (Å²) in [5.41, 5.74) is -0.0421. The first-order chi connectivity index (χ1) is 7.82. The van der Waals surface area contributed by atoms with Gasteiger partial charge in [-0.25, -0.2) is 0 Å². The second kappa shape index (κ2) is 3.91. The van der Waals surface area contributed by atoms with Crippen LogP contribution in [0.15, 0.2) is 5.16 Å². The predicted molar refractivity (Wildman–Crippen MR) is 61.3 cm³/mol. The molecule has 0 radical (unpaired) electrons. The SMILES string of the molecule is CCCOC1=NOC2(C1)CN1CCC2CC1. The van der Waals surface area contributed by atoms with Crippen molar-refractivity contribution in [2.45, 2.75) is 38.2 Å². The minimum Gasteiger partial charge on any atom is -0.479 e. The van der Waals surface area contributed by atoms with Crippen molar-refractivity contribution in [2.24, 2.45) is 11.1 Å². The van der Waals surface area contributed by atoms with Crippen LogP contribution in [0.5, 0.6) is 0 Å². The Labute approximate surface area is 96.6 Å². The van der Waals surface area contributed by atoms with Crippen LogP contribution < -0.4 is 0 Å². The lowest BCUT2D eigenvalue weighted by Crippen LogP contribution is -2.59. The van der Waals surface area contributed by atoms with Gasteiger partial charge in [0, 0.05) is 12.5 Å². The molecule has 0 amide bonds. The molecule has 4 heteroatoms. The zero-order chi connectivity index (χ0) is 11.0. The number of nitrogens with zero attached hydrogens (tertiary/aromatic N) is 2. The van der Waals surface area contributed by atoms with Gasteiger partial charge in [-0.1, -0.05) is 12.1 Å². The van der Waals surface area contributed by atoms with Gasteiger partial charge in [0.05, 0.1) is 13.0 Å². The van der Waals surface area contributed by atoms with Crippen molar-refractivity contribution in [2.75, 3.05) is 26.2 Å². The first kappa shape index (κ1) is 10.4. The van der Waals surface area contributed by atoms with Crippen LogP contribution in [0.1, 0.15) is 32.6 Å². The molecule has 2 bridgehead atoms. The number of hydrogen-bond acceptors (Lipinski definition) is 4. The number of ether oxygens (including phenoxy) is 1. The van der Waals surface area contributed by atoms with Gasteiger partial charge in [0.1, 0.15) is 0 Å². The van der Waals surface area contributed by atoms with E-state index in [1.54, 1.807) is 0 Å². The largest absolute Gasteiger partial charge is 0.479 e. The van der Waals surface area contributed by atoms with Crippen LogP contribution in [0.3, 0.4) is 0 Å². The molecule has 16 heavy (non-hydrogen) atoms. The van der Waals surface area contributed by atoms with Crippen molar-refractivity contribution in [1.82, 2.24) is 4.90 Å². The van der Waals surface area contributed by atoms with Crippen LogP contribution >= 0.6 is 0 Å². The highest BCUT2D eigenvalue weighted by atomic mass is 16.7. The third-order valence-electron chi connectivity index (χ3n) is 4.08.